The van der Waals surface area contributed by atoms with Gasteiger partial charge in [0.05, 0.1) is 17.7 Å². The van der Waals surface area contributed by atoms with Gasteiger partial charge in [0.25, 0.3) is 11.1 Å². The minimum atomic E-state index is -0.0809. The van der Waals surface area contributed by atoms with E-state index in [1.54, 1.807) is 0 Å². The summed E-state index contributed by atoms with van der Waals surface area (Å²) >= 11 is 2.90. The van der Waals surface area contributed by atoms with Crippen molar-refractivity contribution in [3.8, 4) is 11.5 Å². The average Bonchev–Trinajstić information content (AvgIpc) is 3.53. The number of thioether (sulfide) groups is 1. The highest BCUT2D eigenvalue weighted by Crippen LogP contribution is 2.30. The Hall–Kier alpha value is -3.43. The molecule has 2 aromatic carbocycles. The molecular formula is C23H19N5O2S2. The molecule has 0 bridgehead atoms. The van der Waals surface area contributed by atoms with Gasteiger partial charge in [-0.1, -0.05) is 47.7 Å². The Kier molecular flexibility index (Phi) is 5.74. The molecule has 3 heterocycles. The van der Waals surface area contributed by atoms with E-state index in [-0.39, 0.29) is 12.3 Å². The molecule has 0 saturated carbocycles. The number of H-pyrrole nitrogens is 1. The third-order valence-electron chi connectivity index (χ3n) is 4.82. The van der Waals surface area contributed by atoms with Gasteiger partial charge in [-0.25, -0.2) is 4.98 Å². The average molecular weight is 462 g/mol. The fourth-order valence-electron chi connectivity index (χ4n) is 3.24. The molecule has 0 spiro atoms. The van der Waals surface area contributed by atoms with Crippen LogP contribution in [0.25, 0.3) is 22.4 Å². The summed E-state index contributed by atoms with van der Waals surface area (Å²) in [5.74, 6) is 0.991. The van der Waals surface area contributed by atoms with Crippen molar-refractivity contribution in [3.63, 3.8) is 0 Å². The second kappa shape index (κ2) is 8.97. The number of aryl methyl sites for hydroxylation is 1. The summed E-state index contributed by atoms with van der Waals surface area (Å²) in [6, 6.07) is 15.7. The molecule has 0 unspecified atom stereocenters. The molecule has 3 aromatic heterocycles. The Morgan fingerprint density at radius 2 is 2.00 bits per heavy atom. The fraction of sp³-hybridized carbons (Fsp3) is 0.130. The van der Waals surface area contributed by atoms with Gasteiger partial charge in [-0.3, -0.25) is 4.79 Å². The van der Waals surface area contributed by atoms with E-state index in [0.717, 1.165) is 38.4 Å². The zero-order chi connectivity index (χ0) is 21.9. The van der Waals surface area contributed by atoms with Crippen LogP contribution in [0.15, 0.2) is 69.7 Å². The Balaban J connectivity index is 1.18. The number of hydrogen-bond acceptors (Lipinski definition) is 7. The first-order chi connectivity index (χ1) is 15.6. The Morgan fingerprint density at radius 3 is 2.88 bits per heavy atom. The van der Waals surface area contributed by atoms with Crippen LogP contribution in [-0.2, 0) is 17.0 Å². The summed E-state index contributed by atoms with van der Waals surface area (Å²) in [7, 11) is 0. The molecule has 0 aliphatic heterocycles. The highest BCUT2D eigenvalue weighted by atomic mass is 32.2. The predicted octanol–water partition coefficient (Wildman–Crippen LogP) is 5.46. The first-order valence-electron chi connectivity index (χ1n) is 9.96. The number of rotatable bonds is 7. The van der Waals surface area contributed by atoms with Gasteiger partial charge in [0.15, 0.2) is 0 Å². The monoisotopic (exact) mass is 461 g/mol. The quantitative estimate of drug-likeness (QED) is 0.313. The van der Waals surface area contributed by atoms with Gasteiger partial charge in [-0.05, 0) is 25.1 Å². The van der Waals surface area contributed by atoms with Crippen molar-refractivity contribution in [1.29, 1.82) is 0 Å². The molecule has 0 aliphatic carbocycles. The lowest BCUT2D eigenvalue weighted by Gasteiger charge is -2.04. The van der Waals surface area contributed by atoms with E-state index in [1.807, 2.05) is 67.0 Å². The molecule has 0 aliphatic rings. The lowest BCUT2D eigenvalue weighted by Crippen LogP contribution is -2.14. The number of amides is 1. The summed E-state index contributed by atoms with van der Waals surface area (Å²) in [6.07, 6.45) is 2.12. The van der Waals surface area contributed by atoms with Crippen molar-refractivity contribution in [2.45, 2.75) is 24.3 Å². The highest BCUT2D eigenvalue weighted by Gasteiger charge is 2.14. The first kappa shape index (κ1) is 20.5. The number of hydrogen-bond donors (Lipinski definition) is 2. The van der Waals surface area contributed by atoms with Crippen LogP contribution < -0.4 is 5.32 Å². The number of nitrogens with one attached hydrogen (secondary N) is 2. The lowest BCUT2D eigenvalue weighted by atomic mass is 10.2. The number of fused-ring (bicyclic) bond motifs is 1. The van der Waals surface area contributed by atoms with Crippen LogP contribution in [0.5, 0.6) is 0 Å². The van der Waals surface area contributed by atoms with E-state index < -0.39 is 0 Å². The summed E-state index contributed by atoms with van der Waals surface area (Å²) in [5, 5.41) is 15.5. The van der Waals surface area contributed by atoms with Crippen molar-refractivity contribution in [2.24, 2.45) is 0 Å². The maximum Gasteiger partial charge on any atom is 0.277 e. The Labute approximate surface area is 192 Å². The van der Waals surface area contributed by atoms with Crippen molar-refractivity contribution in [2.75, 3.05) is 5.32 Å². The van der Waals surface area contributed by atoms with Crippen molar-refractivity contribution in [3.05, 3.63) is 76.4 Å². The molecule has 9 heteroatoms. The summed E-state index contributed by atoms with van der Waals surface area (Å²) in [4.78, 5) is 20.1. The van der Waals surface area contributed by atoms with Crippen LogP contribution in [0.1, 0.15) is 16.3 Å². The maximum absolute atomic E-state index is 12.3. The lowest BCUT2D eigenvalue weighted by molar-refractivity contribution is -0.115. The second-order valence-corrected chi connectivity index (χ2v) is 9.10. The van der Waals surface area contributed by atoms with E-state index in [2.05, 4.69) is 25.5 Å². The van der Waals surface area contributed by atoms with Gasteiger partial charge in [0.2, 0.25) is 5.91 Å². The van der Waals surface area contributed by atoms with E-state index in [9.17, 15) is 4.79 Å². The van der Waals surface area contributed by atoms with Crippen molar-refractivity contribution >= 4 is 45.6 Å². The number of thiazole rings is 1. The minimum absolute atomic E-state index is 0.0809. The number of benzene rings is 2. The molecule has 1 amide bonds. The van der Waals surface area contributed by atoms with Gasteiger partial charge >= 0.3 is 0 Å². The molecule has 5 aromatic rings. The third kappa shape index (κ3) is 4.58. The smallest absolute Gasteiger partial charge is 0.277 e. The highest BCUT2D eigenvalue weighted by molar-refractivity contribution is 7.98. The number of carbonyl (C=O) groups excluding carboxylic acids is 1. The number of anilines is 1. The molecule has 5 rings (SSSR count). The van der Waals surface area contributed by atoms with Gasteiger partial charge in [0.1, 0.15) is 5.01 Å². The Morgan fingerprint density at radius 1 is 1.16 bits per heavy atom. The first-order valence-corrected chi connectivity index (χ1v) is 11.8. The molecule has 0 fully saturated rings. The Bertz CT molecular complexity index is 1370. The minimum Gasteiger partial charge on any atom is -0.411 e. The molecule has 32 heavy (non-hydrogen) atoms. The van der Waals surface area contributed by atoms with E-state index >= 15 is 0 Å². The number of nitrogens with zero attached hydrogens (tertiary/aromatic N) is 3. The van der Waals surface area contributed by atoms with E-state index in [4.69, 9.17) is 4.42 Å². The molecule has 2 N–H and O–H groups in total. The standard InChI is InChI=1S/C23H19N5O2S2/c1-14-6-8-15(9-7-14)25-20(29)10-21-26-16(12-31-21)13-32-23-28-27-22(30-23)18-11-24-19-5-3-2-4-17(18)19/h2-9,11-12,24H,10,13H2,1H3,(H,25,29). The third-order valence-corrected chi connectivity index (χ3v) is 6.57. The largest absolute Gasteiger partial charge is 0.411 e. The van der Waals surface area contributed by atoms with Crippen molar-refractivity contribution < 1.29 is 9.21 Å². The normalized spacial score (nSPS) is 11.2. The molecule has 0 atom stereocenters. The van der Waals surface area contributed by atoms with Gasteiger partial charge < -0.3 is 14.7 Å². The van der Waals surface area contributed by atoms with Crippen LogP contribution >= 0.6 is 23.1 Å². The number of carbonyl (C=O) groups is 1. The summed E-state index contributed by atoms with van der Waals surface area (Å²) in [5.41, 5.74) is 4.73. The molecule has 0 radical (unpaired) electrons. The van der Waals surface area contributed by atoms with E-state index in [0.29, 0.717) is 16.9 Å². The fourth-order valence-corrected chi connectivity index (χ4v) is 4.79. The van der Waals surface area contributed by atoms with Gasteiger partial charge in [-0.2, -0.15) is 0 Å². The molecule has 7 nitrogen and oxygen atoms in total. The zero-order valence-corrected chi connectivity index (χ0v) is 18.8. The molecule has 0 saturated heterocycles. The maximum atomic E-state index is 12.3. The predicted molar refractivity (Wildman–Crippen MR) is 127 cm³/mol. The summed E-state index contributed by atoms with van der Waals surface area (Å²) < 4.78 is 5.84. The second-order valence-electron chi connectivity index (χ2n) is 7.23. The van der Waals surface area contributed by atoms with Crippen molar-refractivity contribution in [1.82, 2.24) is 20.2 Å². The van der Waals surface area contributed by atoms with Crippen LogP contribution in [-0.4, -0.2) is 26.1 Å². The van der Waals surface area contributed by atoms with E-state index in [1.165, 1.54) is 23.1 Å². The number of aromatic amines is 1. The van der Waals surface area contributed by atoms with Crippen LogP contribution in [0.2, 0.25) is 0 Å². The van der Waals surface area contributed by atoms with Crippen LogP contribution in [0.4, 0.5) is 5.69 Å². The SMILES string of the molecule is Cc1ccc(NC(=O)Cc2nc(CSc3nnc(-c4c[nH]c5ccccc45)o3)cs2)cc1. The summed E-state index contributed by atoms with van der Waals surface area (Å²) in [6.45, 7) is 2.01. The van der Waals surface area contributed by atoms with Crippen LogP contribution in [0.3, 0.4) is 0 Å². The van der Waals surface area contributed by atoms with Crippen LogP contribution in [0, 0.1) is 6.92 Å². The molecular weight excluding hydrogens is 442 g/mol. The zero-order valence-electron chi connectivity index (χ0n) is 17.2. The van der Waals surface area contributed by atoms with Gasteiger partial charge in [-0.15, -0.1) is 21.5 Å². The number of aromatic nitrogens is 4. The topological polar surface area (TPSA) is 96.7 Å². The number of para-hydroxylation sites is 1. The molecule has 160 valence electrons. The van der Waals surface area contributed by atoms with Gasteiger partial charge in [0, 0.05) is 33.9 Å².